The van der Waals surface area contributed by atoms with Crippen LogP contribution in [0.4, 0.5) is 0 Å². The van der Waals surface area contributed by atoms with Crippen LogP contribution in [0.25, 0.3) is 0 Å². The summed E-state index contributed by atoms with van der Waals surface area (Å²) in [6.07, 6.45) is 2.12. The summed E-state index contributed by atoms with van der Waals surface area (Å²) in [4.78, 5) is 39.3. The van der Waals surface area contributed by atoms with Gasteiger partial charge in [-0.3, -0.25) is 14.4 Å². The normalized spacial score (nSPS) is 20.8. The number of hydrogen-bond donors (Lipinski definition) is 2. The largest absolute Gasteiger partial charge is 0.359 e. The molecule has 0 aromatic carbocycles. The second kappa shape index (κ2) is 7.40. The number of likely N-dealkylation sites (tertiary alicyclic amines) is 1. The zero-order chi connectivity index (χ0) is 15.2. The molecule has 0 unspecified atom stereocenters. The number of nitrogens with one attached hydrogen (secondary N) is 2. The molecule has 21 heavy (non-hydrogen) atoms. The van der Waals surface area contributed by atoms with Gasteiger partial charge in [-0.15, -0.1) is 0 Å². The van der Waals surface area contributed by atoms with Crippen molar-refractivity contribution in [3.05, 3.63) is 0 Å². The molecule has 7 nitrogen and oxygen atoms in total. The first-order valence-electron chi connectivity index (χ1n) is 7.64. The summed E-state index contributed by atoms with van der Waals surface area (Å²) in [6.45, 7) is 3.79. The minimum Gasteiger partial charge on any atom is -0.359 e. The van der Waals surface area contributed by atoms with E-state index in [-0.39, 0.29) is 11.8 Å². The fraction of sp³-hybridized carbons (Fsp3) is 0.786. The monoisotopic (exact) mass is 296 g/mol. The average molecular weight is 296 g/mol. The third-order valence-electron chi connectivity index (χ3n) is 4.21. The highest BCUT2D eigenvalue weighted by atomic mass is 16.2. The standard InChI is InChI=1S/C14H24N4O3/c1-15-12(19)11-3-8-18(9-4-11)14(21)13(20)17-7-2-5-16-6-10-17/h11,16H,2-10H2,1H3,(H,15,19). The lowest BCUT2D eigenvalue weighted by Gasteiger charge is -2.32. The van der Waals surface area contributed by atoms with Crippen LogP contribution >= 0.6 is 0 Å². The molecule has 0 radical (unpaired) electrons. The van der Waals surface area contributed by atoms with Crippen LogP contribution in [0.2, 0.25) is 0 Å². The Hall–Kier alpha value is -1.63. The maximum atomic E-state index is 12.3. The van der Waals surface area contributed by atoms with E-state index in [9.17, 15) is 14.4 Å². The van der Waals surface area contributed by atoms with E-state index in [0.717, 1.165) is 19.5 Å². The molecule has 2 aliphatic heterocycles. The number of amides is 3. The number of hydrogen-bond acceptors (Lipinski definition) is 4. The number of rotatable bonds is 1. The molecule has 0 saturated carbocycles. The van der Waals surface area contributed by atoms with Gasteiger partial charge in [0.25, 0.3) is 0 Å². The summed E-state index contributed by atoms with van der Waals surface area (Å²) in [6, 6.07) is 0. The molecule has 7 heteroatoms. The maximum Gasteiger partial charge on any atom is 0.312 e. The predicted molar refractivity (Wildman–Crippen MR) is 77.4 cm³/mol. The molecule has 2 aliphatic rings. The summed E-state index contributed by atoms with van der Waals surface area (Å²) in [5, 5.41) is 5.85. The van der Waals surface area contributed by atoms with Crippen LogP contribution in [0.5, 0.6) is 0 Å². The van der Waals surface area contributed by atoms with Crippen LogP contribution in [-0.2, 0) is 14.4 Å². The molecule has 3 amide bonds. The first-order valence-corrected chi connectivity index (χ1v) is 7.64. The van der Waals surface area contributed by atoms with Gasteiger partial charge in [0.2, 0.25) is 5.91 Å². The Balaban J connectivity index is 1.86. The quantitative estimate of drug-likeness (QED) is 0.595. The van der Waals surface area contributed by atoms with Crippen LogP contribution in [0.15, 0.2) is 0 Å². The Kier molecular flexibility index (Phi) is 5.55. The van der Waals surface area contributed by atoms with Crippen molar-refractivity contribution in [2.24, 2.45) is 5.92 Å². The van der Waals surface area contributed by atoms with Crippen LogP contribution in [0.3, 0.4) is 0 Å². The Morgan fingerprint density at radius 3 is 2.19 bits per heavy atom. The van der Waals surface area contributed by atoms with E-state index in [0.29, 0.717) is 39.0 Å². The number of piperidine rings is 1. The summed E-state index contributed by atoms with van der Waals surface area (Å²) < 4.78 is 0. The summed E-state index contributed by atoms with van der Waals surface area (Å²) in [5.74, 6) is -0.854. The highest BCUT2D eigenvalue weighted by molar-refractivity contribution is 6.34. The molecule has 2 rings (SSSR count). The predicted octanol–water partition coefficient (Wildman–Crippen LogP) is -1.21. The Labute approximate surface area is 125 Å². The van der Waals surface area contributed by atoms with Gasteiger partial charge in [-0.25, -0.2) is 0 Å². The minimum absolute atomic E-state index is 0.0204. The number of carbonyl (C=O) groups excluding carboxylic acids is 3. The average Bonchev–Trinajstić information content (AvgIpc) is 2.82. The van der Waals surface area contributed by atoms with E-state index in [1.807, 2.05) is 0 Å². The Bertz CT molecular complexity index is 397. The van der Waals surface area contributed by atoms with Crippen molar-refractivity contribution in [3.8, 4) is 0 Å². The van der Waals surface area contributed by atoms with Gasteiger partial charge in [0.1, 0.15) is 0 Å². The van der Waals surface area contributed by atoms with E-state index < -0.39 is 11.8 Å². The molecular weight excluding hydrogens is 272 g/mol. The van der Waals surface area contributed by atoms with Crippen molar-refractivity contribution in [2.45, 2.75) is 19.3 Å². The smallest absolute Gasteiger partial charge is 0.312 e. The van der Waals surface area contributed by atoms with E-state index >= 15 is 0 Å². The zero-order valence-electron chi connectivity index (χ0n) is 12.6. The van der Waals surface area contributed by atoms with E-state index in [1.54, 1.807) is 16.8 Å². The maximum absolute atomic E-state index is 12.3. The highest BCUT2D eigenvalue weighted by Crippen LogP contribution is 2.17. The van der Waals surface area contributed by atoms with Gasteiger partial charge in [-0.2, -0.15) is 0 Å². The fourth-order valence-corrected chi connectivity index (χ4v) is 2.87. The third kappa shape index (κ3) is 3.93. The molecule has 0 aromatic heterocycles. The molecule has 2 heterocycles. The zero-order valence-corrected chi connectivity index (χ0v) is 12.6. The molecule has 118 valence electrons. The molecular formula is C14H24N4O3. The molecule has 0 spiro atoms. The van der Waals surface area contributed by atoms with Gasteiger partial charge in [0.15, 0.2) is 0 Å². The molecule has 0 atom stereocenters. The minimum atomic E-state index is -0.424. The molecule has 2 saturated heterocycles. The van der Waals surface area contributed by atoms with Crippen LogP contribution in [0.1, 0.15) is 19.3 Å². The summed E-state index contributed by atoms with van der Waals surface area (Å²) in [5.41, 5.74) is 0. The van der Waals surface area contributed by atoms with Crippen molar-refractivity contribution >= 4 is 17.7 Å². The summed E-state index contributed by atoms with van der Waals surface area (Å²) >= 11 is 0. The van der Waals surface area contributed by atoms with E-state index in [2.05, 4.69) is 10.6 Å². The molecule has 0 bridgehead atoms. The van der Waals surface area contributed by atoms with Crippen molar-refractivity contribution in [1.82, 2.24) is 20.4 Å². The van der Waals surface area contributed by atoms with Gasteiger partial charge in [0.05, 0.1) is 0 Å². The molecule has 2 N–H and O–H groups in total. The first kappa shape index (κ1) is 15.8. The summed E-state index contributed by atoms with van der Waals surface area (Å²) in [7, 11) is 1.62. The SMILES string of the molecule is CNC(=O)C1CCN(C(=O)C(=O)N2CCCNCC2)CC1. The Morgan fingerprint density at radius 1 is 0.952 bits per heavy atom. The molecule has 0 aromatic rings. The van der Waals surface area contributed by atoms with Gasteiger partial charge in [0, 0.05) is 45.7 Å². The van der Waals surface area contributed by atoms with Gasteiger partial charge >= 0.3 is 11.8 Å². The second-order valence-electron chi connectivity index (χ2n) is 5.58. The van der Waals surface area contributed by atoms with Crippen molar-refractivity contribution in [3.63, 3.8) is 0 Å². The number of carbonyl (C=O) groups is 3. The van der Waals surface area contributed by atoms with Gasteiger partial charge in [-0.05, 0) is 25.8 Å². The third-order valence-corrected chi connectivity index (χ3v) is 4.21. The van der Waals surface area contributed by atoms with E-state index in [4.69, 9.17) is 0 Å². The number of nitrogens with zero attached hydrogens (tertiary/aromatic N) is 2. The molecule has 2 fully saturated rings. The van der Waals surface area contributed by atoms with E-state index in [1.165, 1.54) is 0 Å². The van der Waals surface area contributed by atoms with Crippen LogP contribution < -0.4 is 10.6 Å². The highest BCUT2D eigenvalue weighted by Gasteiger charge is 2.32. The lowest BCUT2D eigenvalue weighted by atomic mass is 9.96. The lowest BCUT2D eigenvalue weighted by Crippen LogP contribution is -2.49. The van der Waals surface area contributed by atoms with Crippen molar-refractivity contribution in [1.29, 1.82) is 0 Å². The second-order valence-corrected chi connectivity index (χ2v) is 5.58. The van der Waals surface area contributed by atoms with Crippen molar-refractivity contribution < 1.29 is 14.4 Å². The first-order chi connectivity index (χ1) is 10.1. The van der Waals surface area contributed by atoms with Gasteiger partial charge in [-0.1, -0.05) is 0 Å². The van der Waals surface area contributed by atoms with Crippen LogP contribution in [-0.4, -0.2) is 73.8 Å². The molecule has 0 aliphatic carbocycles. The topological polar surface area (TPSA) is 81.8 Å². The fourth-order valence-electron chi connectivity index (χ4n) is 2.87. The van der Waals surface area contributed by atoms with Crippen LogP contribution in [0, 0.1) is 5.92 Å². The lowest BCUT2D eigenvalue weighted by molar-refractivity contribution is -0.152. The van der Waals surface area contributed by atoms with Crippen molar-refractivity contribution in [2.75, 3.05) is 46.3 Å². The van der Waals surface area contributed by atoms with Gasteiger partial charge < -0.3 is 20.4 Å². The Morgan fingerprint density at radius 2 is 1.57 bits per heavy atom.